The molecule has 136 valence electrons. The molecule has 0 unspecified atom stereocenters. The Labute approximate surface area is 155 Å². The van der Waals surface area contributed by atoms with Crippen LogP contribution in [0.4, 0.5) is 0 Å². The molecule has 1 aliphatic rings. The average molecular weight is 369 g/mol. The predicted octanol–water partition coefficient (Wildman–Crippen LogP) is 3.46. The van der Waals surface area contributed by atoms with Crippen molar-refractivity contribution in [3.05, 3.63) is 59.7 Å². The van der Waals surface area contributed by atoms with Crippen molar-refractivity contribution in [1.82, 2.24) is 4.31 Å². The normalized spacial score (nSPS) is 15.9. The van der Waals surface area contributed by atoms with Crippen LogP contribution in [0.2, 0.25) is 0 Å². The van der Waals surface area contributed by atoms with Crippen LogP contribution in [0.15, 0.2) is 53.4 Å². The molecule has 0 saturated carbocycles. The van der Waals surface area contributed by atoms with Crippen molar-refractivity contribution >= 4 is 10.0 Å². The van der Waals surface area contributed by atoms with E-state index in [1.807, 2.05) is 43.3 Å². The second-order valence-corrected chi connectivity index (χ2v) is 8.43. The van der Waals surface area contributed by atoms with Gasteiger partial charge in [-0.25, -0.2) is 8.42 Å². The Morgan fingerprint density at radius 2 is 1.62 bits per heavy atom. The molecule has 0 amide bonds. The van der Waals surface area contributed by atoms with Gasteiger partial charge in [0.05, 0.1) is 12.0 Å². The molecule has 3 rings (SSSR count). The first kappa shape index (κ1) is 18.5. The Morgan fingerprint density at radius 3 is 2.19 bits per heavy atom. The van der Waals surface area contributed by atoms with Crippen molar-refractivity contribution in [1.29, 1.82) is 0 Å². The van der Waals surface area contributed by atoms with E-state index < -0.39 is 10.0 Å². The van der Waals surface area contributed by atoms with Crippen molar-refractivity contribution in [2.45, 2.75) is 24.7 Å². The Hall–Kier alpha value is -2.29. The van der Waals surface area contributed by atoms with Crippen LogP contribution in [-0.2, 0) is 10.0 Å². The molecule has 1 heterocycles. The van der Waals surface area contributed by atoms with E-state index in [1.54, 1.807) is 23.5 Å². The van der Waals surface area contributed by atoms with Gasteiger partial charge in [0.2, 0.25) is 10.0 Å². The summed E-state index contributed by atoms with van der Waals surface area (Å²) in [5.74, 6) is 7.50. The summed E-state index contributed by atoms with van der Waals surface area (Å²) < 4.78 is 32.2. The molecule has 26 heavy (non-hydrogen) atoms. The summed E-state index contributed by atoms with van der Waals surface area (Å²) in [5, 5.41) is 0. The lowest BCUT2D eigenvalue weighted by atomic mass is 9.98. The molecule has 4 nitrogen and oxygen atoms in total. The molecule has 1 aliphatic heterocycles. The van der Waals surface area contributed by atoms with E-state index in [1.165, 1.54) is 0 Å². The molecule has 2 aromatic carbocycles. The van der Waals surface area contributed by atoms with Crippen LogP contribution in [0.3, 0.4) is 0 Å². The first-order valence-corrected chi connectivity index (χ1v) is 10.2. The molecule has 5 heteroatoms. The zero-order chi connectivity index (χ0) is 18.6. The molecule has 0 radical (unpaired) electrons. The van der Waals surface area contributed by atoms with Crippen LogP contribution < -0.4 is 4.74 Å². The zero-order valence-electron chi connectivity index (χ0n) is 15.1. The number of sulfonamides is 1. The number of aryl methyl sites for hydroxylation is 1. The second-order valence-electron chi connectivity index (χ2n) is 6.49. The largest absolute Gasteiger partial charge is 0.497 e. The average Bonchev–Trinajstić information content (AvgIpc) is 2.67. The van der Waals surface area contributed by atoms with E-state index in [-0.39, 0.29) is 5.92 Å². The summed E-state index contributed by atoms with van der Waals surface area (Å²) in [5.41, 5.74) is 2.00. The highest BCUT2D eigenvalue weighted by Crippen LogP contribution is 2.24. The van der Waals surface area contributed by atoms with Crippen LogP contribution in [0.1, 0.15) is 24.0 Å². The van der Waals surface area contributed by atoms with E-state index in [4.69, 9.17) is 4.74 Å². The highest BCUT2D eigenvalue weighted by atomic mass is 32.2. The maximum Gasteiger partial charge on any atom is 0.243 e. The lowest BCUT2D eigenvalue weighted by molar-refractivity contribution is 0.311. The van der Waals surface area contributed by atoms with Gasteiger partial charge in [-0.2, -0.15) is 4.31 Å². The first-order valence-electron chi connectivity index (χ1n) is 8.71. The van der Waals surface area contributed by atoms with E-state index in [0.29, 0.717) is 18.0 Å². The molecular weight excluding hydrogens is 346 g/mol. The van der Waals surface area contributed by atoms with Gasteiger partial charge in [0.1, 0.15) is 5.75 Å². The third-order valence-electron chi connectivity index (χ3n) is 4.62. The number of benzene rings is 2. The summed E-state index contributed by atoms with van der Waals surface area (Å²) >= 11 is 0. The van der Waals surface area contributed by atoms with Gasteiger partial charge in [-0.1, -0.05) is 29.5 Å². The first-order chi connectivity index (χ1) is 12.5. The molecular formula is C21H23NO3S. The van der Waals surface area contributed by atoms with Crippen molar-refractivity contribution in [2.75, 3.05) is 20.2 Å². The van der Waals surface area contributed by atoms with Crippen LogP contribution in [-0.4, -0.2) is 32.9 Å². The molecule has 1 saturated heterocycles. The highest BCUT2D eigenvalue weighted by molar-refractivity contribution is 7.89. The van der Waals surface area contributed by atoms with Crippen LogP contribution in [0.25, 0.3) is 0 Å². The fourth-order valence-corrected chi connectivity index (χ4v) is 4.43. The minimum Gasteiger partial charge on any atom is -0.497 e. The van der Waals surface area contributed by atoms with Gasteiger partial charge in [0.25, 0.3) is 0 Å². The number of hydrogen-bond donors (Lipinski definition) is 0. The van der Waals surface area contributed by atoms with Gasteiger partial charge >= 0.3 is 0 Å². The van der Waals surface area contributed by atoms with Gasteiger partial charge in [0.15, 0.2) is 0 Å². The van der Waals surface area contributed by atoms with Gasteiger partial charge < -0.3 is 4.74 Å². The second kappa shape index (κ2) is 7.94. The lowest BCUT2D eigenvalue weighted by Gasteiger charge is -2.29. The van der Waals surface area contributed by atoms with Crippen LogP contribution >= 0.6 is 0 Å². The van der Waals surface area contributed by atoms with E-state index in [9.17, 15) is 8.42 Å². The third-order valence-corrected chi connectivity index (χ3v) is 6.54. The number of piperidine rings is 1. The van der Waals surface area contributed by atoms with Gasteiger partial charge in [0, 0.05) is 24.6 Å². The molecule has 0 atom stereocenters. The maximum atomic E-state index is 12.7. The summed E-state index contributed by atoms with van der Waals surface area (Å²) in [6, 6.07) is 14.7. The molecule has 1 fully saturated rings. The lowest BCUT2D eigenvalue weighted by Crippen LogP contribution is -2.38. The Morgan fingerprint density at radius 1 is 1.00 bits per heavy atom. The SMILES string of the molecule is COc1ccc(C#CC2CCN(S(=O)(=O)c3ccc(C)cc3)CC2)cc1. The third kappa shape index (κ3) is 4.27. The van der Waals surface area contributed by atoms with E-state index in [0.717, 1.165) is 29.7 Å². The van der Waals surface area contributed by atoms with Crippen molar-refractivity contribution in [3.63, 3.8) is 0 Å². The number of nitrogens with zero attached hydrogens (tertiary/aromatic N) is 1. The van der Waals surface area contributed by atoms with Crippen LogP contribution in [0, 0.1) is 24.7 Å². The number of ether oxygens (including phenoxy) is 1. The molecule has 0 aromatic heterocycles. The van der Waals surface area contributed by atoms with Crippen molar-refractivity contribution < 1.29 is 13.2 Å². The molecule has 0 aliphatic carbocycles. The van der Waals surface area contributed by atoms with Crippen molar-refractivity contribution in [3.8, 4) is 17.6 Å². The Kier molecular flexibility index (Phi) is 5.65. The molecule has 0 N–H and O–H groups in total. The smallest absolute Gasteiger partial charge is 0.243 e. The summed E-state index contributed by atoms with van der Waals surface area (Å²) in [7, 11) is -1.77. The Bertz CT molecular complexity index is 898. The number of hydrogen-bond acceptors (Lipinski definition) is 3. The van der Waals surface area contributed by atoms with Crippen molar-refractivity contribution in [2.24, 2.45) is 5.92 Å². The number of rotatable bonds is 3. The van der Waals surface area contributed by atoms with Gasteiger partial charge in [-0.05, 0) is 56.2 Å². The van der Waals surface area contributed by atoms with Gasteiger partial charge in [-0.15, -0.1) is 0 Å². The maximum absolute atomic E-state index is 12.7. The molecule has 2 aromatic rings. The number of methoxy groups -OCH3 is 1. The topological polar surface area (TPSA) is 46.6 Å². The monoisotopic (exact) mass is 369 g/mol. The Balaban J connectivity index is 1.62. The summed E-state index contributed by atoms with van der Waals surface area (Å²) in [4.78, 5) is 0.367. The minimum atomic E-state index is -3.41. The standard InChI is InChI=1S/C21H23NO3S/c1-17-3-11-21(12-4-17)26(23,24)22-15-13-19(14-16-22)6-5-18-7-9-20(25-2)10-8-18/h3-4,7-12,19H,13-16H2,1-2H3. The zero-order valence-corrected chi connectivity index (χ0v) is 15.9. The highest BCUT2D eigenvalue weighted by Gasteiger charge is 2.28. The van der Waals surface area contributed by atoms with Gasteiger partial charge in [-0.3, -0.25) is 0 Å². The van der Waals surface area contributed by atoms with E-state index >= 15 is 0 Å². The molecule has 0 spiro atoms. The fraction of sp³-hybridized carbons (Fsp3) is 0.333. The predicted molar refractivity (Wildman–Crippen MR) is 103 cm³/mol. The summed E-state index contributed by atoms with van der Waals surface area (Å²) in [6.45, 7) is 2.97. The fourth-order valence-electron chi connectivity index (χ4n) is 2.96. The molecule has 0 bridgehead atoms. The van der Waals surface area contributed by atoms with E-state index in [2.05, 4.69) is 11.8 Å². The van der Waals surface area contributed by atoms with Crippen LogP contribution in [0.5, 0.6) is 5.75 Å². The summed E-state index contributed by atoms with van der Waals surface area (Å²) in [6.07, 6.45) is 1.52. The quantitative estimate of drug-likeness (QED) is 0.779. The minimum absolute atomic E-state index is 0.224.